The Labute approximate surface area is 234 Å². The molecule has 1 saturated heterocycles. The lowest BCUT2D eigenvalue weighted by molar-refractivity contribution is -0.137. The molecule has 1 N–H and O–H groups in total. The number of aromatic nitrogens is 6. The highest BCUT2D eigenvalue weighted by Crippen LogP contribution is 2.30. The fourth-order valence-electron chi connectivity index (χ4n) is 4.45. The van der Waals surface area contributed by atoms with Crippen LogP contribution in [0.25, 0.3) is 16.9 Å². The van der Waals surface area contributed by atoms with E-state index in [0.717, 1.165) is 49.7 Å². The summed E-state index contributed by atoms with van der Waals surface area (Å²) in [6.45, 7) is 9.96. The van der Waals surface area contributed by atoms with Crippen LogP contribution in [0.15, 0.2) is 55.2 Å². The predicted octanol–water partition coefficient (Wildman–Crippen LogP) is 4.59. The Balaban J connectivity index is 1.29. The Morgan fingerprint density at radius 2 is 1.83 bits per heavy atom. The summed E-state index contributed by atoms with van der Waals surface area (Å²) in [4.78, 5) is 29.5. The lowest BCUT2D eigenvalue weighted by Crippen LogP contribution is -2.48. The quantitative estimate of drug-likeness (QED) is 0.357. The van der Waals surface area contributed by atoms with Crippen LogP contribution in [0.3, 0.4) is 0 Å². The van der Waals surface area contributed by atoms with Gasteiger partial charge in [0.15, 0.2) is 0 Å². The first-order valence-corrected chi connectivity index (χ1v) is 12.9. The maximum atomic E-state index is 12.9. The summed E-state index contributed by atoms with van der Waals surface area (Å²) in [5, 5.41) is 11.0. The van der Waals surface area contributed by atoms with Gasteiger partial charge in [-0.05, 0) is 39.0 Å². The van der Waals surface area contributed by atoms with E-state index >= 15 is 0 Å². The maximum absolute atomic E-state index is 12.9. The molecule has 11 nitrogen and oxygen atoms in total. The number of carbonyl (C=O) groups is 1. The predicted molar refractivity (Wildman–Crippen MR) is 145 cm³/mol. The lowest BCUT2D eigenvalue weighted by atomic mass is 10.2. The zero-order valence-electron chi connectivity index (χ0n) is 22.6. The molecule has 1 amide bonds. The van der Waals surface area contributed by atoms with E-state index in [9.17, 15) is 18.0 Å². The Bertz CT molecular complexity index is 1530. The highest BCUT2D eigenvalue weighted by Gasteiger charge is 2.31. The number of carbonyl (C=O) groups excluding carboxylic acids is 1. The number of hydrogen-bond donors (Lipinski definition) is 1. The van der Waals surface area contributed by atoms with Crippen LogP contribution in [-0.2, 0) is 6.18 Å². The highest BCUT2D eigenvalue weighted by molar-refractivity contribution is 5.86. The first-order valence-electron chi connectivity index (χ1n) is 12.9. The molecule has 1 aliphatic rings. The molecule has 4 aromatic heterocycles. The molecule has 5 rings (SSSR count). The van der Waals surface area contributed by atoms with E-state index in [1.165, 1.54) is 10.9 Å². The van der Waals surface area contributed by atoms with Gasteiger partial charge < -0.3 is 9.64 Å². The summed E-state index contributed by atoms with van der Waals surface area (Å²) in [6, 6.07) is 5.58. The summed E-state index contributed by atoms with van der Waals surface area (Å²) >= 11 is 0. The molecule has 0 aromatic carbocycles. The number of hydrogen-bond acceptors (Lipinski definition) is 9. The van der Waals surface area contributed by atoms with Crippen LogP contribution < -0.4 is 15.0 Å². The first-order chi connectivity index (χ1) is 19.6. The smallest absolute Gasteiger partial charge is 0.391 e. The molecule has 0 saturated carbocycles. The second-order valence-electron chi connectivity index (χ2n) is 9.82. The number of aryl methyl sites for hydroxylation is 1. The van der Waals surface area contributed by atoms with Crippen molar-refractivity contribution in [1.82, 2.24) is 34.8 Å². The average Bonchev–Trinajstić information content (AvgIpc) is 3.44. The second-order valence-corrected chi connectivity index (χ2v) is 9.82. The van der Waals surface area contributed by atoms with E-state index in [1.54, 1.807) is 25.4 Å². The monoisotopic (exact) mass is 567 g/mol. The molecule has 1 aliphatic heterocycles. The standard InChI is InChI=1S/C27H28F3N9O2/c1-17(2)37-6-8-38(9-7-37)22-10-19(13-31-15-22)23-16-39(36-35-23)24-12-21(14-33-18(24)3)34-26(40)41-25-11-20(4-5-32-25)27(28,29)30/h4-5,10-17H,6-9H2,1-3H3,(H,34,40). The third kappa shape index (κ3) is 6.60. The molecule has 0 unspecified atom stereocenters. The van der Waals surface area contributed by atoms with Crippen LogP contribution in [0.4, 0.5) is 29.3 Å². The molecule has 1 fully saturated rings. The largest absolute Gasteiger partial charge is 0.418 e. The Morgan fingerprint density at radius 3 is 2.56 bits per heavy atom. The zero-order valence-corrected chi connectivity index (χ0v) is 22.6. The molecular weight excluding hydrogens is 539 g/mol. The Kier molecular flexibility index (Phi) is 7.83. The number of nitrogens with one attached hydrogen (secondary N) is 1. The summed E-state index contributed by atoms with van der Waals surface area (Å²) < 4.78 is 45.3. The van der Waals surface area contributed by atoms with Crippen molar-refractivity contribution in [3.63, 3.8) is 0 Å². The molecule has 0 bridgehead atoms. The van der Waals surface area contributed by atoms with E-state index < -0.39 is 23.7 Å². The van der Waals surface area contributed by atoms with Crippen LogP contribution in [-0.4, -0.2) is 73.2 Å². The van der Waals surface area contributed by atoms with Gasteiger partial charge in [-0.25, -0.2) is 14.5 Å². The van der Waals surface area contributed by atoms with E-state index in [-0.39, 0.29) is 5.69 Å². The maximum Gasteiger partial charge on any atom is 0.418 e. The van der Waals surface area contributed by atoms with Gasteiger partial charge in [-0.15, -0.1) is 5.10 Å². The van der Waals surface area contributed by atoms with E-state index in [4.69, 9.17) is 4.74 Å². The van der Waals surface area contributed by atoms with Gasteiger partial charge in [-0.3, -0.25) is 20.2 Å². The van der Waals surface area contributed by atoms with E-state index in [2.05, 4.69) is 54.2 Å². The number of piperazine rings is 1. The minimum absolute atomic E-state index is 0.240. The van der Waals surface area contributed by atoms with Gasteiger partial charge in [-0.1, -0.05) is 5.21 Å². The van der Waals surface area contributed by atoms with Crippen molar-refractivity contribution in [2.45, 2.75) is 33.0 Å². The van der Waals surface area contributed by atoms with Crippen LogP contribution in [0.1, 0.15) is 25.1 Å². The van der Waals surface area contributed by atoms with Crippen molar-refractivity contribution < 1.29 is 22.7 Å². The van der Waals surface area contributed by atoms with Gasteiger partial charge >= 0.3 is 12.3 Å². The number of ether oxygens (including phenoxy) is 1. The van der Waals surface area contributed by atoms with Crippen molar-refractivity contribution >= 4 is 17.5 Å². The first kappa shape index (κ1) is 28.0. The molecule has 0 spiro atoms. The highest BCUT2D eigenvalue weighted by atomic mass is 19.4. The Hall–Kier alpha value is -4.59. The van der Waals surface area contributed by atoms with Crippen LogP contribution >= 0.6 is 0 Å². The number of nitrogens with zero attached hydrogens (tertiary/aromatic N) is 8. The number of pyridine rings is 3. The van der Waals surface area contributed by atoms with Crippen molar-refractivity contribution in [3.8, 4) is 22.8 Å². The lowest BCUT2D eigenvalue weighted by Gasteiger charge is -2.38. The zero-order chi connectivity index (χ0) is 29.1. The molecule has 14 heteroatoms. The van der Waals surface area contributed by atoms with Gasteiger partial charge in [0.05, 0.1) is 46.9 Å². The molecule has 41 heavy (non-hydrogen) atoms. The molecule has 0 aliphatic carbocycles. The fraction of sp³-hybridized carbons (Fsp3) is 0.333. The van der Waals surface area contributed by atoms with E-state index in [0.29, 0.717) is 29.2 Å². The van der Waals surface area contributed by atoms with Gasteiger partial charge in [0.2, 0.25) is 5.88 Å². The topological polar surface area (TPSA) is 114 Å². The molecule has 0 radical (unpaired) electrons. The van der Waals surface area contributed by atoms with Gasteiger partial charge in [0, 0.05) is 56.2 Å². The third-order valence-corrected chi connectivity index (χ3v) is 6.74. The van der Waals surface area contributed by atoms with Crippen molar-refractivity contribution in [2.24, 2.45) is 0 Å². The number of alkyl halides is 3. The molecule has 4 aromatic rings. The minimum Gasteiger partial charge on any atom is -0.391 e. The van der Waals surface area contributed by atoms with E-state index in [1.807, 2.05) is 12.3 Å². The Morgan fingerprint density at radius 1 is 1.05 bits per heavy atom. The number of rotatable bonds is 6. The van der Waals surface area contributed by atoms with Gasteiger partial charge in [0.25, 0.3) is 0 Å². The summed E-state index contributed by atoms with van der Waals surface area (Å²) in [5.41, 5.74) is 2.82. The van der Waals surface area contributed by atoms with Crippen molar-refractivity contribution in [3.05, 3.63) is 66.5 Å². The van der Waals surface area contributed by atoms with Crippen LogP contribution in [0, 0.1) is 6.92 Å². The average molecular weight is 568 g/mol. The van der Waals surface area contributed by atoms with Crippen LogP contribution in [0.5, 0.6) is 5.88 Å². The fourth-order valence-corrected chi connectivity index (χ4v) is 4.45. The number of halogens is 3. The summed E-state index contributed by atoms with van der Waals surface area (Å²) in [6.07, 6.45) is 1.99. The number of anilines is 2. The molecule has 214 valence electrons. The van der Waals surface area contributed by atoms with Crippen LogP contribution in [0.2, 0.25) is 0 Å². The summed E-state index contributed by atoms with van der Waals surface area (Å²) in [5.74, 6) is -0.490. The van der Waals surface area contributed by atoms with Crippen molar-refractivity contribution in [2.75, 3.05) is 36.4 Å². The summed E-state index contributed by atoms with van der Waals surface area (Å²) in [7, 11) is 0. The third-order valence-electron chi connectivity index (χ3n) is 6.74. The van der Waals surface area contributed by atoms with Crippen molar-refractivity contribution in [1.29, 1.82) is 0 Å². The van der Waals surface area contributed by atoms with Gasteiger partial charge in [0.1, 0.15) is 5.69 Å². The normalized spacial score (nSPS) is 14.4. The SMILES string of the molecule is Cc1ncc(NC(=O)Oc2cc(C(F)(F)F)ccn2)cc1-n1cc(-c2cncc(N3CCN(C(C)C)CC3)c2)nn1. The number of amides is 1. The molecule has 5 heterocycles. The molecular formula is C27H28F3N9O2. The van der Waals surface area contributed by atoms with Gasteiger partial charge in [-0.2, -0.15) is 13.2 Å². The molecule has 0 atom stereocenters. The second kappa shape index (κ2) is 11.5. The minimum atomic E-state index is -4.59.